The second-order valence-corrected chi connectivity index (χ2v) is 5.09. The molecule has 1 heteroatoms. The van der Waals surface area contributed by atoms with Crippen LogP contribution >= 0.6 is 0 Å². The predicted molar refractivity (Wildman–Crippen MR) is 80.5 cm³/mol. The predicted octanol–water partition coefficient (Wildman–Crippen LogP) is 4.44. The molecule has 0 aliphatic rings. The summed E-state index contributed by atoms with van der Waals surface area (Å²) >= 11 is 0. The van der Waals surface area contributed by atoms with Gasteiger partial charge < -0.3 is 0 Å². The summed E-state index contributed by atoms with van der Waals surface area (Å²) in [5.74, 6) is 0. The fourth-order valence-corrected chi connectivity index (χ4v) is 2.43. The maximum absolute atomic E-state index is 4.71. The Morgan fingerprint density at radius 2 is 1.68 bits per heavy atom. The van der Waals surface area contributed by atoms with Crippen LogP contribution in [0.2, 0.25) is 0 Å². The molecular formula is C18H17N. The zero-order valence-corrected chi connectivity index (χ0v) is 11.4. The van der Waals surface area contributed by atoms with Crippen LogP contribution in [0.3, 0.4) is 0 Å². The van der Waals surface area contributed by atoms with Gasteiger partial charge >= 0.3 is 0 Å². The molecule has 0 aliphatic carbocycles. The minimum atomic E-state index is 0.948. The molecule has 19 heavy (non-hydrogen) atoms. The summed E-state index contributed by atoms with van der Waals surface area (Å²) in [5.41, 5.74) is 6.13. The van der Waals surface area contributed by atoms with Gasteiger partial charge in [0.1, 0.15) is 0 Å². The number of nitrogens with zero attached hydrogens (tertiary/aromatic N) is 1. The minimum Gasteiger partial charge on any atom is -0.253 e. The molecule has 2 aromatic carbocycles. The van der Waals surface area contributed by atoms with Gasteiger partial charge in [-0.25, -0.2) is 0 Å². The SMILES string of the molecule is Cc1ccc2nc(C)c(Cc3ccccc3)cc2c1. The minimum absolute atomic E-state index is 0.948. The number of aryl methyl sites for hydroxylation is 2. The third kappa shape index (κ3) is 2.50. The van der Waals surface area contributed by atoms with E-state index in [0.717, 1.165) is 17.6 Å². The summed E-state index contributed by atoms with van der Waals surface area (Å²) < 4.78 is 0. The smallest absolute Gasteiger partial charge is 0.0705 e. The first-order valence-electron chi connectivity index (χ1n) is 6.63. The Balaban J connectivity index is 2.06. The first-order chi connectivity index (χ1) is 9.22. The average Bonchev–Trinajstić information content (AvgIpc) is 2.41. The van der Waals surface area contributed by atoms with E-state index in [2.05, 4.69) is 68.4 Å². The van der Waals surface area contributed by atoms with Crippen molar-refractivity contribution in [2.75, 3.05) is 0 Å². The Bertz CT molecular complexity index is 714. The van der Waals surface area contributed by atoms with Crippen molar-refractivity contribution in [3.05, 3.63) is 77.0 Å². The first kappa shape index (κ1) is 11.9. The highest BCUT2D eigenvalue weighted by Gasteiger charge is 2.04. The van der Waals surface area contributed by atoms with Gasteiger partial charge in [-0.15, -0.1) is 0 Å². The fraction of sp³-hybridized carbons (Fsp3) is 0.167. The van der Waals surface area contributed by atoms with E-state index in [4.69, 9.17) is 4.98 Å². The van der Waals surface area contributed by atoms with Gasteiger partial charge in [0, 0.05) is 11.1 Å². The molecule has 0 unspecified atom stereocenters. The largest absolute Gasteiger partial charge is 0.253 e. The van der Waals surface area contributed by atoms with E-state index in [-0.39, 0.29) is 0 Å². The van der Waals surface area contributed by atoms with Crippen molar-refractivity contribution in [1.29, 1.82) is 0 Å². The van der Waals surface area contributed by atoms with E-state index >= 15 is 0 Å². The Hall–Kier alpha value is -2.15. The number of fused-ring (bicyclic) bond motifs is 1. The summed E-state index contributed by atoms with van der Waals surface area (Å²) in [5, 5.41) is 1.23. The molecule has 1 heterocycles. The lowest BCUT2D eigenvalue weighted by molar-refractivity contribution is 1.10. The maximum Gasteiger partial charge on any atom is 0.0705 e. The summed E-state index contributed by atoms with van der Waals surface area (Å²) in [6, 6.07) is 19.3. The third-order valence-corrected chi connectivity index (χ3v) is 3.50. The highest BCUT2D eigenvalue weighted by molar-refractivity contribution is 5.80. The molecule has 0 atom stereocenters. The molecule has 3 rings (SSSR count). The van der Waals surface area contributed by atoms with Crippen LogP contribution in [0.5, 0.6) is 0 Å². The van der Waals surface area contributed by atoms with Crippen LogP contribution in [0.4, 0.5) is 0 Å². The normalized spacial score (nSPS) is 10.8. The summed E-state index contributed by atoms with van der Waals surface area (Å²) in [6.45, 7) is 4.22. The van der Waals surface area contributed by atoms with Gasteiger partial charge in [0.15, 0.2) is 0 Å². The van der Waals surface area contributed by atoms with Crippen molar-refractivity contribution < 1.29 is 0 Å². The van der Waals surface area contributed by atoms with Crippen LogP contribution in [0.15, 0.2) is 54.6 Å². The fourth-order valence-electron chi connectivity index (χ4n) is 2.43. The van der Waals surface area contributed by atoms with Crippen LogP contribution in [0.1, 0.15) is 22.4 Å². The number of hydrogen-bond donors (Lipinski definition) is 0. The molecule has 0 aliphatic heterocycles. The molecule has 1 nitrogen and oxygen atoms in total. The number of aromatic nitrogens is 1. The topological polar surface area (TPSA) is 12.9 Å². The van der Waals surface area contributed by atoms with Crippen molar-refractivity contribution in [2.45, 2.75) is 20.3 Å². The third-order valence-electron chi connectivity index (χ3n) is 3.50. The van der Waals surface area contributed by atoms with Crippen LogP contribution in [-0.4, -0.2) is 4.98 Å². The van der Waals surface area contributed by atoms with E-state index in [1.807, 2.05) is 0 Å². The first-order valence-corrected chi connectivity index (χ1v) is 6.63. The van der Waals surface area contributed by atoms with Crippen LogP contribution in [0, 0.1) is 13.8 Å². The molecule has 0 saturated heterocycles. The van der Waals surface area contributed by atoms with Crippen LogP contribution < -0.4 is 0 Å². The number of pyridine rings is 1. The van der Waals surface area contributed by atoms with E-state index in [9.17, 15) is 0 Å². The second kappa shape index (κ2) is 4.85. The highest BCUT2D eigenvalue weighted by atomic mass is 14.7. The van der Waals surface area contributed by atoms with Crippen molar-refractivity contribution in [3.63, 3.8) is 0 Å². The van der Waals surface area contributed by atoms with E-state index in [1.165, 1.54) is 22.1 Å². The number of hydrogen-bond acceptors (Lipinski definition) is 1. The summed E-state index contributed by atoms with van der Waals surface area (Å²) in [4.78, 5) is 4.71. The zero-order valence-electron chi connectivity index (χ0n) is 11.4. The highest BCUT2D eigenvalue weighted by Crippen LogP contribution is 2.20. The standard InChI is InChI=1S/C18H17N/c1-13-8-9-18-17(10-13)12-16(14(2)19-18)11-15-6-4-3-5-7-15/h3-10,12H,11H2,1-2H3. The Morgan fingerprint density at radius 1 is 0.895 bits per heavy atom. The summed E-state index contributed by atoms with van der Waals surface area (Å²) in [7, 11) is 0. The zero-order chi connectivity index (χ0) is 13.2. The lowest BCUT2D eigenvalue weighted by Crippen LogP contribution is -1.95. The Labute approximate surface area is 113 Å². The molecule has 0 N–H and O–H groups in total. The van der Waals surface area contributed by atoms with E-state index < -0.39 is 0 Å². The summed E-state index contributed by atoms with van der Waals surface area (Å²) in [6.07, 6.45) is 0.948. The number of benzene rings is 2. The van der Waals surface area contributed by atoms with E-state index in [1.54, 1.807) is 0 Å². The number of rotatable bonds is 2. The van der Waals surface area contributed by atoms with Gasteiger partial charge in [0.2, 0.25) is 0 Å². The van der Waals surface area contributed by atoms with Gasteiger partial charge in [-0.1, -0.05) is 42.0 Å². The lowest BCUT2D eigenvalue weighted by atomic mass is 10.0. The maximum atomic E-state index is 4.71. The molecule has 3 aromatic rings. The molecule has 0 amide bonds. The quantitative estimate of drug-likeness (QED) is 0.652. The van der Waals surface area contributed by atoms with Gasteiger partial charge in [-0.3, -0.25) is 4.98 Å². The van der Waals surface area contributed by atoms with E-state index in [0.29, 0.717) is 0 Å². The van der Waals surface area contributed by atoms with Gasteiger partial charge in [0.25, 0.3) is 0 Å². The van der Waals surface area contributed by atoms with Crippen molar-refractivity contribution in [3.8, 4) is 0 Å². The lowest BCUT2D eigenvalue weighted by Gasteiger charge is -2.08. The molecule has 0 bridgehead atoms. The molecule has 94 valence electrons. The molecule has 0 spiro atoms. The van der Waals surface area contributed by atoms with Crippen molar-refractivity contribution >= 4 is 10.9 Å². The van der Waals surface area contributed by atoms with Crippen LogP contribution in [0.25, 0.3) is 10.9 Å². The monoisotopic (exact) mass is 247 g/mol. The second-order valence-electron chi connectivity index (χ2n) is 5.09. The molecule has 0 fully saturated rings. The molecule has 1 aromatic heterocycles. The molecule has 0 radical (unpaired) electrons. The van der Waals surface area contributed by atoms with Gasteiger partial charge in [0.05, 0.1) is 5.52 Å². The van der Waals surface area contributed by atoms with Gasteiger partial charge in [-0.05, 0) is 49.6 Å². The van der Waals surface area contributed by atoms with Crippen molar-refractivity contribution in [1.82, 2.24) is 4.98 Å². The Morgan fingerprint density at radius 3 is 2.47 bits per heavy atom. The molecule has 0 saturated carbocycles. The molecular weight excluding hydrogens is 230 g/mol. The van der Waals surface area contributed by atoms with Crippen molar-refractivity contribution in [2.24, 2.45) is 0 Å². The van der Waals surface area contributed by atoms with Crippen LogP contribution in [-0.2, 0) is 6.42 Å². The Kier molecular flexibility index (Phi) is 3.04. The average molecular weight is 247 g/mol. The van der Waals surface area contributed by atoms with Gasteiger partial charge in [-0.2, -0.15) is 0 Å².